The predicted molar refractivity (Wildman–Crippen MR) is 83.7 cm³/mol. The fourth-order valence-electron chi connectivity index (χ4n) is 2.01. The first-order valence-corrected chi connectivity index (χ1v) is 6.78. The van der Waals surface area contributed by atoms with Gasteiger partial charge in [0.05, 0.1) is 19.0 Å². The van der Waals surface area contributed by atoms with Crippen LogP contribution in [0.3, 0.4) is 0 Å². The number of benzene rings is 1. The Morgan fingerprint density at radius 2 is 2.05 bits per heavy atom. The summed E-state index contributed by atoms with van der Waals surface area (Å²) in [7, 11) is 1.68. The van der Waals surface area contributed by atoms with Gasteiger partial charge in [0.15, 0.2) is 0 Å². The van der Waals surface area contributed by atoms with Gasteiger partial charge in [-0.1, -0.05) is 18.2 Å². The lowest BCUT2D eigenvalue weighted by Crippen LogP contribution is -2.08. The number of aromatic nitrogens is 1. The van der Waals surface area contributed by atoms with Gasteiger partial charge in [0, 0.05) is 13.5 Å². The molecule has 5 heteroatoms. The van der Waals surface area contributed by atoms with Crippen LogP contribution in [-0.2, 0) is 11.2 Å². The molecule has 0 aliphatic heterocycles. The highest BCUT2D eigenvalue weighted by molar-refractivity contribution is 5.88. The molecule has 1 aromatic carbocycles. The van der Waals surface area contributed by atoms with Crippen LogP contribution in [0.25, 0.3) is 0 Å². The molecule has 0 saturated carbocycles. The van der Waals surface area contributed by atoms with Crippen LogP contribution in [0.5, 0.6) is 5.75 Å². The Morgan fingerprint density at radius 3 is 2.71 bits per heavy atom. The van der Waals surface area contributed by atoms with Crippen LogP contribution in [-0.4, -0.2) is 24.5 Å². The zero-order valence-electron chi connectivity index (χ0n) is 12.2. The first kappa shape index (κ1) is 14.8. The average Bonchev–Trinajstić information content (AvgIpc) is 2.49. The van der Waals surface area contributed by atoms with Gasteiger partial charge in [-0.2, -0.15) is 0 Å². The van der Waals surface area contributed by atoms with E-state index in [1.54, 1.807) is 13.3 Å². The topological polar surface area (TPSA) is 63.2 Å². The van der Waals surface area contributed by atoms with Gasteiger partial charge in [-0.25, -0.2) is 4.98 Å². The van der Waals surface area contributed by atoms with E-state index in [0.29, 0.717) is 5.69 Å². The first-order valence-electron chi connectivity index (χ1n) is 6.78. The van der Waals surface area contributed by atoms with E-state index < -0.39 is 0 Å². The molecular weight excluding hydrogens is 266 g/mol. The lowest BCUT2D eigenvalue weighted by Gasteiger charge is -2.09. The van der Waals surface area contributed by atoms with Crippen molar-refractivity contribution in [3.05, 3.63) is 48.2 Å². The number of ether oxygens (including phenoxy) is 1. The van der Waals surface area contributed by atoms with Gasteiger partial charge in [0.2, 0.25) is 5.91 Å². The molecule has 21 heavy (non-hydrogen) atoms. The van der Waals surface area contributed by atoms with E-state index in [2.05, 4.69) is 15.6 Å². The van der Waals surface area contributed by atoms with E-state index >= 15 is 0 Å². The maximum atomic E-state index is 10.9. The molecule has 5 nitrogen and oxygen atoms in total. The predicted octanol–water partition coefficient (Wildman–Crippen LogP) is 2.70. The normalized spacial score (nSPS) is 10.0. The second-order valence-corrected chi connectivity index (χ2v) is 4.60. The second-order valence-electron chi connectivity index (χ2n) is 4.60. The van der Waals surface area contributed by atoms with Gasteiger partial charge in [0.1, 0.15) is 11.6 Å². The monoisotopic (exact) mass is 285 g/mol. The fourth-order valence-corrected chi connectivity index (χ4v) is 2.01. The standard InChI is InChI=1S/C16H19N3O2/c1-12(20)19-14-7-8-16(18-11-14)17-10-9-13-5-3-4-6-15(13)21-2/h3-8,11H,9-10H2,1-2H3,(H,17,18)(H,19,20). The van der Waals surface area contributed by atoms with E-state index in [0.717, 1.165) is 30.1 Å². The molecule has 0 saturated heterocycles. The molecule has 0 bridgehead atoms. The van der Waals surface area contributed by atoms with Crippen LogP contribution in [0.15, 0.2) is 42.6 Å². The number of hydrogen-bond donors (Lipinski definition) is 2. The minimum Gasteiger partial charge on any atom is -0.496 e. The van der Waals surface area contributed by atoms with Crippen molar-refractivity contribution in [3.8, 4) is 5.75 Å². The number of methoxy groups -OCH3 is 1. The van der Waals surface area contributed by atoms with Gasteiger partial charge < -0.3 is 15.4 Å². The van der Waals surface area contributed by atoms with E-state index in [1.807, 2.05) is 36.4 Å². The number of para-hydroxylation sites is 1. The second kappa shape index (κ2) is 7.28. The summed E-state index contributed by atoms with van der Waals surface area (Å²) in [5.41, 5.74) is 1.85. The van der Waals surface area contributed by atoms with Gasteiger partial charge in [-0.15, -0.1) is 0 Å². The van der Waals surface area contributed by atoms with Crippen LogP contribution < -0.4 is 15.4 Å². The van der Waals surface area contributed by atoms with E-state index in [-0.39, 0.29) is 5.91 Å². The molecule has 0 radical (unpaired) electrons. The van der Waals surface area contributed by atoms with E-state index in [4.69, 9.17) is 4.74 Å². The quantitative estimate of drug-likeness (QED) is 0.856. The number of nitrogens with one attached hydrogen (secondary N) is 2. The number of carbonyl (C=O) groups excluding carboxylic acids is 1. The molecule has 2 aromatic rings. The number of anilines is 2. The molecule has 0 atom stereocenters. The van der Waals surface area contributed by atoms with Crippen molar-refractivity contribution in [2.24, 2.45) is 0 Å². The Labute approximate surface area is 124 Å². The number of carbonyl (C=O) groups is 1. The van der Waals surface area contributed by atoms with Crippen molar-refractivity contribution in [2.75, 3.05) is 24.3 Å². The molecule has 0 aliphatic rings. The van der Waals surface area contributed by atoms with Crippen molar-refractivity contribution in [3.63, 3.8) is 0 Å². The van der Waals surface area contributed by atoms with Crippen LogP contribution in [0.1, 0.15) is 12.5 Å². The Morgan fingerprint density at radius 1 is 1.24 bits per heavy atom. The average molecular weight is 285 g/mol. The number of pyridine rings is 1. The fraction of sp³-hybridized carbons (Fsp3) is 0.250. The summed E-state index contributed by atoms with van der Waals surface area (Å²) in [5.74, 6) is 1.57. The number of amides is 1. The first-order chi connectivity index (χ1) is 10.2. The highest BCUT2D eigenvalue weighted by Crippen LogP contribution is 2.18. The third-order valence-electron chi connectivity index (χ3n) is 2.98. The largest absolute Gasteiger partial charge is 0.496 e. The molecular formula is C16H19N3O2. The molecule has 0 aliphatic carbocycles. The summed E-state index contributed by atoms with van der Waals surface area (Å²) < 4.78 is 5.32. The molecule has 2 rings (SSSR count). The summed E-state index contributed by atoms with van der Waals surface area (Å²) in [4.78, 5) is 15.2. The maximum Gasteiger partial charge on any atom is 0.221 e. The molecule has 0 spiro atoms. The Bertz CT molecular complexity index is 597. The van der Waals surface area contributed by atoms with E-state index in [9.17, 15) is 4.79 Å². The molecule has 1 heterocycles. The summed E-state index contributed by atoms with van der Waals surface area (Å²) in [6, 6.07) is 11.6. The van der Waals surface area contributed by atoms with Crippen LogP contribution in [0.2, 0.25) is 0 Å². The van der Waals surface area contributed by atoms with Gasteiger partial charge >= 0.3 is 0 Å². The molecule has 110 valence electrons. The maximum absolute atomic E-state index is 10.9. The molecule has 1 amide bonds. The number of rotatable bonds is 6. The summed E-state index contributed by atoms with van der Waals surface area (Å²) in [6.45, 7) is 2.23. The van der Waals surface area contributed by atoms with Gasteiger partial charge in [-0.3, -0.25) is 4.79 Å². The Kier molecular flexibility index (Phi) is 5.15. The minimum atomic E-state index is -0.103. The lowest BCUT2D eigenvalue weighted by atomic mass is 10.1. The van der Waals surface area contributed by atoms with Crippen LogP contribution >= 0.6 is 0 Å². The van der Waals surface area contributed by atoms with Gasteiger partial charge in [0.25, 0.3) is 0 Å². The smallest absolute Gasteiger partial charge is 0.221 e. The summed E-state index contributed by atoms with van der Waals surface area (Å²) in [6.07, 6.45) is 2.48. The Balaban J connectivity index is 1.87. The zero-order chi connectivity index (χ0) is 15.1. The van der Waals surface area contributed by atoms with Gasteiger partial charge in [-0.05, 0) is 30.2 Å². The number of nitrogens with zero attached hydrogens (tertiary/aromatic N) is 1. The zero-order valence-corrected chi connectivity index (χ0v) is 12.2. The van der Waals surface area contributed by atoms with Crippen molar-refractivity contribution in [2.45, 2.75) is 13.3 Å². The summed E-state index contributed by atoms with van der Waals surface area (Å²) in [5, 5.41) is 5.93. The number of hydrogen-bond acceptors (Lipinski definition) is 4. The van der Waals surface area contributed by atoms with Crippen LogP contribution in [0, 0.1) is 0 Å². The highest BCUT2D eigenvalue weighted by Gasteiger charge is 2.02. The SMILES string of the molecule is COc1ccccc1CCNc1ccc(NC(C)=O)cn1. The van der Waals surface area contributed by atoms with Crippen molar-refractivity contribution >= 4 is 17.4 Å². The van der Waals surface area contributed by atoms with Crippen molar-refractivity contribution in [1.29, 1.82) is 0 Å². The molecule has 1 aromatic heterocycles. The van der Waals surface area contributed by atoms with E-state index in [1.165, 1.54) is 6.92 Å². The molecule has 0 fully saturated rings. The highest BCUT2D eigenvalue weighted by atomic mass is 16.5. The molecule has 2 N–H and O–H groups in total. The van der Waals surface area contributed by atoms with Crippen molar-refractivity contribution < 1.29 is 9.53 Å². The third-order valence-corrected chi connectivity index (χ3v) is 2.98. The summed E-state index contributed by atoms with van der Waals surface area (Å²) >= 11 is 0. The Hall–Kier alpha value is -2.56. The van der Waals surface area contributed by atoms with Crippen molar-refractivity contribution in [1.82, 2.24) is 4.98 Å². The third kappa shape index (κ3) is 4.49. The molecule has 0 unspecified atom stereocenters. The van der Waals surface area contributed by atoms with Crippen LogP contribution in [0.4, 0.5) is 11.5 Å². The lowest BCUT2D eigenvalue weighted by molar-refractivity contribution is -0.114. The minimum absolute atomic E-state index is 0.103.